The van der Waals surface area contributed by atoms with E-state index in [1.807, 2.05) is 4.90 Å². The minimum absolute atomic E-state index is 0.0744. The average Bonchev–Trinajstić information content (AvgIpc) is 3.22. The summed E-state index contributed by atoms with van der Waals surface area (Å²) in [6.07, 6.45) is 3.34. The molecule has 2 aromatic carbocycles. The molecule has 0 aliphatic carbocycles. The van der Waals surface area contributed by atoms with Crippen molar-refractivity contribution in [1.82, 2.24) is 9.80 Å². The highest BCUT2D eigenvalue weighted by Crippen LogP contribution is 2.45. The minimum atomic E-state index is -1.06. The van der Waals surface area contributed by atoms with Crippen LogP contribution < -0.4 is 11.1 Å². The summed E-state index contributed by atoms with van der Waals surface area (Å²) in [5, 5.41) is 3.59. The molecule has 0 bridgehead atoms. The second-order valence-corrected chi connectivity index (χ2v) is 9.22. The van der Waals surface area contributed by atoms with Gasteiger partial charge >= 0.3 is 0 Å². The number of nitrogens with one attached hydrogen (secondary N) is 1. The van der Waals surface area contributed by atoms with E-state index < -0.39 is 23.1 Å². The molecule has 1 fully saturated rings. The van der Waals surface area contributed by atoms with E-state index in [9.17, 15) is 4.79 Å². The van der Waals surface area contributed by atoms with Crippen LogP contribution in [-0.2, 0) is 10.3 Å². The number of hydrogen-bond donors (Lipinski definition) is 2. The number of carbonyl (C=O) groups is 1. The molecule has 4 rings (SSSR count). The van der Waals surface area contributed by atoms with Crippen LogP contribution in [0.2, 0.25) is 10.0 Å². The Bertz CT molecular complexity index is 1300. The van der Waals surface area contributed by atoms with E-state index >= 15 is 8.78 Å². The summed E-state index contributed by atoms with van der Waals surface area (Å²) < 4.78 is 30.3. The third kappa shape index (κ3) is 4.51. The molecule has 1 saturated heterocycles. The Balaban J connectivity index is 1.80. The molecule has 1 atom stereocenters. The molecule has 2 aliphatic rings. The van der Waals surface area contributed by atoms with Gasteiger partial charge in [0.2, 0.25) is 5.91 Å². The molecule has 2 aliphatic heterocycles. The maximum atomic E-state index is 15.2. The van der Waals surface area contributed by atoms with Crippen LogP contribution in [0.15, 0.2) is 60.8 Å². The number of aliphatic imine (C=N–C) groups is 1. The third-order valence-corrected chi connectivity index (χ3v) is 6.99. The largest absolute Gasteiger partial charge is 0.373 e. The van der Waals surface area contributed by atoms with E-state index in [1.165, 1.54) is 29.4 Å². The first-order valence-corrected chi connectivity index (χ1v) is 11.4. The lowest BCUT2D eigenvalue weighted by Crippen LogP contribution is -2.39. The molecule has 0 spiro atoms. The van der Waals surface area contributed by atoms with Gasteiger partial charge in [-0.15, -0.1) is 0 Å². The van der Waals surface area contributed by atoms with Gasteiger partial charge in [-0.1, -0.05) is 42.9 Å². The summed E-state index contributed by atoms with van der Waals surface area (Å²) in [5.74, 6) is -1.74. The van der Waals surface area contributed by atoms with Gasteiger partial charge in [0.15, 0.2) is 5.82 Å². The minimum Gasteiger partial charge on any atom is -0.373 e. The second kappa shape index (κ2) is 9.36. The predicted octanol–water partition coefficient (Wildman–Crippen LogP) is 5.42. The molecule has 10 heteroatoms. The van der Waals surface area contributed by atoms with E-state index in [2.05, 4.69) is 30.0 Å². The highest BCUT2D eigenvalue weighted by molar-refractivity contribution is 6.42. The zero-order chi connectivity index (χ0) is 25.5. The van der Waals surface area contributed by atoms with Crippen LogP contribution in [0.1, 0.15) is 17.5 Å². The summed E-state index contributed by atoms with van der Waals surface area (Å²) in [4.78, 5) is 18.9. The molecule has 3 N–H and O–H groups in total. The van der Waals surface area contributed by atoms with Crippen LogP contribution in [-0.4, -0.2) is 41.7 Å². The van der Waals surface area contributed by atoms with Crippen molar-refractivity contribution in [2.45, 2.75) is 12.0 Å². The Morgan fingerprint density at radius 2 is 2.03 bits per heavy atom. The summed E-state index contributed by atoms with van der Waals surface area (Å²) in [7, 11) is 0. The van der Waals surface area contributed by atoms with Crippen molar-refractivity contribution in [3.05, 3.63) is 88.6 Å². The van der Waals surface area contributed by atoms with E-state index in [0.29, 0.717) is 35.6 Å². The molecular weight excluding hydrogens is 495 g/mol. The number of carbonyl (C=O) groups excluding carboxylic acids is 1. The predicted molar refractivity (Wildman–Crippen MR) is 137 cm³/mol. The number of likely N-dealkylation sites (tertiary alicyclic amines) is 1. The lowest BCUT2D eigenvalue weighted by Gasteiger charge is -2.35. The van der Waals surface area contributed by atoms with Crippen molar-refractivity contribution >= 4 is 52.5 Å². The van der Waals surface area contributed by atoms with E-state index in [0.717, 1.165) is 0 Å². The molecule has 0 saturated carbocycles. The van der Waals surface area contributed by atoms with Crippen molar-refractivity contribution in [2.24, 2.45) is 10.7 Å². The second-order valence-electron chi connectivity index (χ2n) is 8.43. The quantitative estimate of drug-likeness (QED) is 0.380. The van der Waals surface area contributed by atoms with E-state index in [1.54, 1.807) is 12.1 Å². The van der Waals surface area contributed by atoms with Crippen LogP contribution >= 0.6 is 23.2 Å². The van der Waals surface area contributed by atoms with Crippen LogP contribution in [0.3, 0.4) is 0 Å². The number of benzene rings is 2. The molecule has 6 nitrogen and oxygen atoms in total. The molecule has 0 radical (unpaired) electrons. The molecule has 182 valence electrons. The third-order valence-electron chi connectivity index (χ3n) is 6.19. The van der Waals surface area contributed by atoms with Crippen molar-refractivity contribution < 1.29 is 13.6 Å². The average molecular weight is 518 g/mol. The lowest BCUT2D eigenvalue weighted by atomic mass is 9.87. The van der Waals surface area contributed by atoms with Gasteiger partial charge in [0, 0.05) is 41.3 Å². The standard InChI is InChI=1S/C25H23Cl2F2N5O/c1-4-14(2)33-8-7-25(12-33,22-19(28)6-5-18(26)23(22)27)32-16-9-17-15(3)34(11-21(30)35)13-31-24(17)20(29)10-16/h4-6,9-10,13,32H,1-3,7-8,11-12H2,(H2,30,35). The molecular formula is C25H23Cl2F2N5O. The first-order chi connectivity index (χ1) is 16.6. The van der Waals surface area contributed by atoms with E-state index in [-0.39, 0.29) is 34.4 Å². The maximum Gasteiger partial charge on any atom is 0.237 e. The van der Waals surface area contributed by atoms with Gasteiger partial charge < -0.3 is 20.9 Å². The highest BCUT2D eigenvalue weighted by atomic mass is 35.5. The summed E-state index contributed by atoms with van der Waals surface area (Å²) in [6, 6.07) is 5.56. The Labute approximate surface area is 212 Å². The highest BCUT2D eigenvalue weighted by Gasteiger charge is 2.44. The van der Waals surface area contributed by atoms with Crippen LogP contribution in [0.4, 0.5) is 20.2 Å². The van der Waals surface area contributed by atoms with Crippen molar-refractivity contribution in [2.75, 3.05) is 25.0 Å². The number of nitrogens with two attached hydrogens (primary N) is 1. The summed E-state index contributed by atoms with van der Waals surface area (Å²) in [5.41, 5.74) is 6.22. The maximum absolute atomic E-state index is 15.2. The SMILES string of the molecule is C=CC(=C)N1CCC(Nc2cc(F)c3c(c2)C(=C)N(CC(N)=O)C=N3)(c2c(F)ccc(Cl)c2Cl)C1. The summed E-state index contributed by atoms with van der Waals surface area (Å²) >= 11 is 12.7. The van der Waals surface area contributed by atoms with Crippen molar-refractivity contribution in [3.8, 4) is 0 Å². The zero-order valence-electron chi connectivity index (χ0n) is 18.8. The fourth-order valence-electron chi connectivity index (χ4n) is 4.47. The molecule has 2 aromatic rings. The fourth-order valence-corrected chi connectivity index (χ4v) is 4.96. The van der Waals surface area contributed by atoms with Crippen molar-refractivity contribution in [1.29, 1.82) is 0 Å². The van der Waals surface area contributed by atoms with Gasteiger partial charge in [0.25, 0.3) is 0 Å². The van der Waals surface area contributed by atoms with Gasteiger partial charge in [-0.25, -0.2) is 13.8 Å². The lowest BCUT2D eigenvalue weighted by molar-refractivity contribution is -0.117. The number of hydrogen-bond acceptors (Lipinski definition) is 5. The topological polar surface area (TPSA) is 74.0 Å². The monoisotopic (exact) mass is 517 g/mol. The fraction of sp³-hybridized carbons (Fsp3) is 0.200. The number of anilines is 1. The first kappa shape index (κ1) is 24.8. The number of rotatable bonds is 7. The normalized spacial score (nSPS) is 19.0. The number of amides is 1. The Morgan fingerprint density at radius 1 is 1.29 bits per heavy atom. The van der Waals surface area contributed by atoms with Gasteiger partial charge in [0.1, 0.15) is 18.0 Å². The number of primary amides is 1. The summed E-state index contributed by atoms with van der Waals surface area (Å²) in [6.45, 7) is 12.4. The number of halogens is 4. The molecule has 0 aromatic heterocycles. The van der Waals surface area contributed by atoms with Crippen LogP contribution in [0.25, 0.3) is 5.70 Å². The zero-order valence-corrected chi connectivity index (χ0v) is 20.3. The number of fused-ring (bicyclic) bond motifs is 1. The first-order valence-electron chi connectivity index (χ1n) is 10.7. The van der Waals surface area contributed by atoms with Crippen LogP contribution in [0, 0.1) is 11.6 Å². The Kier molecular flexibility index (Phi) is 6.62. The molecule has 1 amide bonds. The van der Waals surface area contributed by atoms with Gasteiger partial charge in [-0.2, -0.15) is 0 Å². The molecule has 2 heterocycles. The van der Waals surface area contributed by atoms with Crippen molar-refractivity contribution in [3.63, 3.8) is 0 Å². The van der Waals surface area contributed by atoms with Gasteiger partial charge in [-0.3, -0.25) is 4.79 Å². The molecule has 1 unspecified atom stereocenters. The molecule has 35 heavy (non-hydrogen) atoms. The van der Waals surface area contributed by atoms with Gasteiger partial charge in [-0.05, 0) is 36.8 Å². The smallest absolute Gasteiger partial charge is 0.237 e. The van der Waals surface area contributed by atoms with E-state index in [4.69, 9.17) is 28.9 Å². The number of allylic oxidation sites excluding steroid dienone is 1. The van der Waals surface area contributed by atoms with Crippen LogP contribution in [0.5, 0.6) is 0 Å². The number of nitrogens with zero attached hydrogens (tertiary/aromatic N) is 3. The van der Waals surface area contributed by atoms with Gasteiger partial charge in [0.05, 0.1) is 21.9 Å². The Hall–Kier alpha value is -3.36. The Morgan fingerprint density at radius 3 is 2.71 bits per heavy atom.